The highest BCUT2D eigenvalue weighted by Gasteiger charge is 2.17. The maximum Gasteiger partial charge on any atom is 0.0629 e. The summed E-state index contributed by atoms with van der Waals surface area (Å²) in [5, 5.41) is 15.9. The Labute approximate surface area is 100.0 Å². The zero-order chi connectivity index (χ0) is 12.8. The van der Waals surface area contributed by atoms with Gasteiger partial charge in [0.15, 0.2) is 0 Å². The van der Waals surface area contributed by atoms with Crippen molar-refractivity contribution >= 4 is 0 Å². The largest absolute Gasteiger partial charge is 0.393 e. The first-order valence-corrected chi connectivity index (χ1v) is 6.09. The molecule has 4 nitrogen and oxygen atoms in total. The van der Waals surface area contributed by atoms with Crippen molar-refractivity contribution in [3.05, 3.63) is 0 Å². The summed E-state index contributed by atoms with van der Waals surface area (Å²) in [6.45, 7) is 11.8. The van der Waals surface area contributed by atoms with E-state index in [0.717, 1.165) is 25.9 Å². The van der Waals surface area contributed by atoms with Crippen molar-refractivity contribution < 1.29 is 5.11 Å². The van der Waals surface area contributed by atoms with E-state index >= 15 is 0 Å². The zero-order valence-electron chi connectivity index (χ0n) is 11.4. The summed E-state index contributed by atoms with van der Waals surface area (Å²) in [4.78, 5) is 0. The van der Waals surface area contributed by atoms with Crippen LogP contribution in [0.5, 0.6) is 0 Å². The maximum absolute atomic E-state index is 9.16. The van der Waals surface area contributed by atoms with Crippen LogP contribution in [-0.4, -0.2) is 35.5 Å². The third-order valence-corrected chi connectivity index (χ3v) is 2.47. The second-order valence-corrected chi connectivity index (χ2v) is 5.85. The summed E-state index contributed by atoms with van der Waals surface area (Å²) < 4.78 is 0. The Hall–Kier alpha value is -0.160. The number of aliphatic hydroxyl groups is 1. The lowest BCUT2D eigenvalue weighted by molar-refractivity contribution is 0.176. The minimum atomic E-state index is -0.244. The topological polar surface area (TPSA) is 70.3 Å². The Morgan fingerprint density at radius 2 is 1.62 bits per heavy atom. The number of hydrogen-bond donors (Lipinski definition) is 4. The molecule has 1 unspecified atom stereocenters. The predicted octanol–water partition coefficient (Wildman–Crippen LogP) is 0.800. The predicted molar refractivity (Wildman–Crippen MR) is 69.3 cm³/mol. The number of aliphatic hydroxyl groups excluding tert-OH is 1. The van der Waals surface area contributed by atoms with Gasteiger partial charge in [-0.2, -0.15) is 0 Å². The first-order valence-electron chi connectivity index (χ1n) is 6.09. The number of nitrogens with two attached hydrogens (primary N) is 1. The quantitative estimate of drug-likeness (QED) is 0.466. The number of nitrogens with one attached hydrogen (secondary N) is 2. The van der Waals surface area contributed by atoms with Crippen molar-refractivity contribution in [3.63, 3.8) is 0 Å². The smallest absolute Gasteiger partial charge is 0.0629 e. The number of rotatable bonds is 8. The van der Waals surface area contributed by atoms with Gasteiger partial charge in [-0.3, -0.25) is 10.6 Å². The second-order valence-electron chi connectivity index (χ2n) is 5.85. The third kappa shape index (κ3) is 10.4. The van der Waals surface area contributed by atoms with Gasteiger partial charge in [0.25, 0.3) is 0 Å². The van der Waals surface area contributed by atoms with Crippen LogP contribution in [0.25, 0.3) is 0 Å². The van der Waals surface area contributed by atoms with E-state index in [4.69, 9.17) is 10.8 Å². The van der Waals surface area contributed by atoms with Crippen LogP contribution in [0.3, 0.4) is 0 Å². The molecule has 0 fully saturated rings. The Bertz CT molecular complexity index is 185. The van der Waals surface area contributed by atoms with E-state index in [9.17, 15) is 0 Å². The molecule has 5 N–H and O–H groups in total. The van der Waals surface area contributed by atoms with Gasteiger partial charge in [-0.05, 0) is 60.5 Å². The fraction of sp³-hybridized carbons (Fsp3) is 1.00. The minimum absolute atomic E-state index is 0.111. The van der Waals surface area contributed by atoms with Crippen LogP contribution >= 0.6 is 0 Å². The van der Waals surface area contributed by atoms with Crippen molar-refractivity contribution in [3.8, 4) is 0 Å². The Morgan fingerprint density at radius 3 is 2.06 bits per heavy atom. The minimum Gasteiger partial charge on any atom is -0.393 e. The van der Waals surface area contributed by atoms with Gasteiger partial charge in [-0.1, -0.05) is 0 Å². The Morgan fingerprint density at radius 1 is 1.12 bits per heavy atom. The molecule has 16 heavy (non-hydrogen) atoms. The molecule has 0 saturated heterocycles. The Balaban J connectivity index is 3.70. The molecule has 0 rings (SSSR count). The molecule has 0 radical (unpaired) electrons. The van der Waals surface area contributed by atoms with Gasteiger partial charge < -0.3 is 10.8 Å². The molecule has 0 heterocycles. The molecule has 0 amide bonds. The van der Waals surface area contributed by atoms with Crippen molar-refractivity contribution in [2.24, 2.45) is 5.73 Å². The van der Waals surface area contributed by atoms with Crippen molar-refractivity contribution in [2.45, 2.75) is 64.8 Å². The molecule has 98 valence electrons. The first kappa shape index (κ1) is 15.8. The average Bonchev–Trinajstić information content (AvgIpc) is 1.99. The van der Waals surface area contributed by atoms with Crippen molar-refractivity contribution in [1.82, 2.24) is 10.6 Å². The molecule has 0 spiro atoms. The molecule has 0 bridgehead atoms. The molecule has 0 saturated carbocycles. The maximum atomic E-state index is 9.16. The van der Waals surface area contributed by atoms with Crippen LogP contribution in [0.4, 0.5) is 0 Å². The summed E-state index contributed by atoms with van der Waals surface area (Å²) in [6.07, 6.45) is 1.47. The standard InChI is InChI=1S/C12H29N3O/c1-10(16)6-8-14-12(4,5)15-9-7-11(2,3)13/h10,14-16H,6-9,13H2,1-5H3. The van der Waals surface area contributed by atoms with E-state index in [2.05, 4.69) is 24.5 Å². The van der Waals surface area contributed by atoms with Gasteiger partial charge in [0.1, 0.15) is 0 Å². The summed E-state index contributed by atoms with van der Waals surface area (Å²) in [5.74, 6) is 0. The molecular formula is C12H29N3O. The average molecular weight is 231 g/mol. The fourth-order valence-corrected chi connectivity index (χ4v) is 1.35. The van der Waals surface area contributed by atoms with Gasteiger partial charge in [-0.15, -0.1) is 0 Å². The van der Waals surface area contributed by atoms with Gasteiger partial charge in [0.2, 0.25) is 0 Å². The molecular weight excluding hydrogens is 202 g/mol. The second kappa shape index (κ2) is 6.55. The lowest BCUT2D eigenvalue weighted by Gasteiger charge is -2.30. The lowest BCUT2D eigenvalue weighted by atomic mass is 10.0. The van der Waals surface area contributed by atoms with Gasteiger partial charge in [0.05, 0.1) is 11.8 Å². The Kier molecular flexibility index (Phi) is 6.48. The third-order valence-electron chi connectivity index (χ3n) is 2.47. The highest BCUT2D eigenvalue weighted by molar-refractivity contribution is 4.78. The van der Waals surface area contributed by atoms with Crippen LogP contribution in [0.15, 0.2) is 0 Å². The molecule has 0 aliphatic rings. The molecule has 0 aromatic carbocycles. The molecule has 4 heteroatoms. The summed E-state index contributed by atoms with van der Waals surface area (Å²) >= 11 is 0. The fourth-order valence-electron chi connectivity index (χ4n) is 1.35. The summed E-state index contributed by atoms with van der Waals surface area (Å²) in [6, 6.07) is 0. The highest BCUT2D eigenvalue weighted by Crippen LogP contribution is 2.04. The van der Waals surface area contributed by atoms with Gasteiger partial charge in [-0.25, -0.2) is 0 Å². The van der Waals surface area contributed by atoms with Gasteiger partial charge in [0, 0.05) is 5.54 Å². The van der Waals surface area contributed by atoms with Crippen LogP contribution in [-0.2, 0) is 0 Å². The summed E-state index contributed by atoms with van der Waals surface area (Å²) in [5.41, 5.74) is 5.68. The molecule has 0 aliphatic heterocycles. The number of hydrogen-bond acceptors (Lipinski definition) is 4. The van der Waals surface area contributed by atoms with Crippen LogP contribution < -0.4 is 16.4 Å². The first-order chi connectivity index (χ1) is 7.12. The summed E-state index contributed by atoms with van der Waals surface area (Å²) in [7, 11) is 0. The SMILES string of the molecule is CC(O)CCNC(C)(C)NCCC(C)(C)N. The van der Waals surface area contributed by atoms with Crippen molar-refractivity contribution in [1.29, 1.82) is 0 Å². The van der Waals surface area contributed by atoms with Crippen LogP contribution in [0.1, 0.15) is 47.5 Å². The van der Waals surface area contributed by atoms with E-state index in [1.165, 1.54) is 0 Å². The van der Waals surface area contributed by atoms with Crippen LogP contribution in [0, 0.1) is 0 Å². The van der Waals surface area contributed by atoms with E-state index < -0.39 is 0 Å². The molecule has 0 aliphatic carbocycles. The van der Waals surface area contributed by atoms with E-state index in [0.29, 0.717) is 0 Å². The van der Waals surface area contributed by atoms with E-state index in [1.807, 2.05) is 13.8 Å². The molecule has 1 atom stereocenters. The van der Waals surface area contributed by atoms with Gasteiger partial charge >= 0.3 is 0 Å². The van der Waals surface area contributed by atoms with Crippen LogP contribution in [0.2, 0.25) is 0 Å². The molecule has 0 aromatic rings. The normalized spacial score (nSPS) is 15.2. The van der Waals surface area contributed by atoms with Crippen molar-refractivity contribution in [2.75, 3.05) is 13.1 Å². The van der Waals surface area contributed by atoms with E-state index in [-0.39, 0.29) is 17.3 Å². The monoisotopic (exact) mass is 231 g/mol. The highest BCUT2D eigenvalue weighted by atomic mass is 16.3. The van der Waals surface area contributed by atoms with E-state index in [1.54, 1.807) is 6.92 Å². The zero-order valence-corrected chi connectivity index (χ0v) is 11.4. The lowest BCUT2D eigenvalue weighted by Crippen LogP contribution is -2.53. The molecule has 0 aromatic heterocycles.